The van der Waals surface area contributed by atoms with Crippen molar-refractivity contribution in [1.82, 2.24) is 15.1 Å². The molecule has 0 saturated carbocycles. The predicted octanol–water partition coefficient (Wildman–Crippen LogP) is 3.17. The van der Waals surface area contributed by atoms with E-state index in [9.17, 15) is 0 Å². The molecule has 0 aliphatic heterocycles. The second-order valence-electron chi connectivity index (χ2n) is 6.20. The average Bonchev–Trinajstić information content (AvgIpc) is 2.63. The third-order valence-electron chi connectivity index (χ3n) is 3.28. The molecule has 0 bridgehead atoms. The minimum absolute atomic E-state index is 0.203. The summed E-state index contributed by atoms with van der Waals surface area (Å²) in [5.74, 6) is 0.686. The van der Waals surface area contributed by atoms with Crippen LogP contribution in [-0.2, 0) is 13.0 Å². The van der Waals surface area contributed by atoms with Gasteiger partial charge in [-0.15, -0.1) is 0 Å². The first-order valence-electron chi connectivity index (χ1n) is 7.14. The fraction of sp³-hybridized carbons (Fsp3) is 0.800. The normalized spacial score (nSPS) is 13.9. The Bertz CT molecular complexity index is 360. The summed E-state index contributed by atoms with van der Waals surface area (Å²) in [7, 11) is 0. The van der Waals surface area contributed by atoms with Crippen molar-refractivity contribution < 1.29 is 0 Å². The molecule has 1 atom stereocenters. The highest BCUT2D eigenvalue weighted by Gasteiger charge is 2.15. The van der Waals surface area contributed by atoms with Crippen molar-refractivity contribution in [2.45, 2.75) is 66.5 Å². The summed E-state index contributed by atoms with van der Waals surface area (Å²) >= 11 is 0. The number of aryl methyl sites for hydroxylation is 2. The highest BCUT2D eigenvalue weighted by atomic mass is 15.3. The molecule has 0 fully saturated rings. The van der Waals surface area contributed by atoms with Gasteiger partial charge >= 0.3 is 0 Å². The van der Waals surface area contributed by atoms with E-state index in [2.05, 4.69) is 62.7 Å². The Morgan fingerprint density at radius 1 is 1.33 bits per heavy atom. The van der Waals surface area contributed by atoms with Gasteiger partial charge in [0, 0.05) is 17.8 Å². The SMILES string of the molecule is CCC(CNC(C)(C)C)Cc1cc(C)nn1CC. The van der Waals surface area contributed by atoms with Gasteiger partial charge in [-0.05, 0) is 59.6 Å². The predicted molar refractivity (Wildman–Crippen MR) is 77.9 cm³/mol. The maximum Gasteiger partial charge on any atom is 0.0596 e. The molecule has 3 nitrogen and oxygen atoms in total. The molecule has 0 amide bonds. The Morgan fingerprint density at radius 2 is 2.00 bits per heavy atom. The maximum absolute atomic E-state index is 4.52. The molecule has 3 heteroatoms. The number of nitrogens with zero attached hydrogens (tertiary/aromatic N) is 2. The van der Waals surface area contributed by atoms with Crippen molar-refractivity contribution in [2.75, 3.05) is 6.54 Å². The maximum atomic E-state index is 4.52. The quantitative estimate of drug-likeness (QED) is 0.841. The molecule has 0 radical (unpaired) electrons. The van der Waals surface area contributed by atoms with E-state index in [1.807, 2.05) is 0 Å². The Hall–Kier alpha value is -0.830. The monoisotopic (exact) mass is 251 g/mol. The summed E-state index contributed by atoms with van der Waals surface area (Å²) < 4.78 is 2.13. The fourth-order valence-corrected chi connectivity index (χ4v) is 2.14. The molecule has 0 saturated heterocycles. The Balaban J connectivity index is 2.62. The lowest BCUT2D eigenvalue weighted by Crippen LogP contribution is -2.39. The van der Waals surface area contributed by atoms with Crippen LogP contribution in [0.15, 0.2) is 6.07 Å². The molecule has 1 rings (SSSR count). The molecular formula is C15H29N3. The van der Waals surface area contributed by atoms with E-state index in [1.54, 1.807) is 0 Å². The zero-order chi connectivity index (χ0) is 13.8. The van der Waals surface area contributed by atoms with E-state index in [-0.39, 0.29) is 5.54 Å². The van der Waals surface area contributed by atoms with Crippen LogP contribution >= 0.6 is 0 Å². The van der Waals surface area contributed by atoms with Gasteiger partial charge in [0.05, 0.1) is 5.69 Å². The van der Waals surface area contributed by atoms with Crippen LogP contribution in [0, 0.1) is 12.8 Å². The van der Waals surface area contributed by atoms with Crippen LogP contribution < -0.4 is 5.32 Å². The van der Waals surface area contributed by atoms with Crippen LogP contribution in [0.25, 0.3) is 0 Å². The van der Waals surface area contributed by atoms with Gasteiger partial charge in [0.15, 0.2) is 0 Å². The van der Waals surface area contributed by atoms with E-state index >= 15 is 0 Å². The Morgan fingerprint density at radius 3 is 2.50 bits per heavy atom. The van der Waals surface area contributed by atoms with Gasteiger partial charge in [0.25, 0.3) is 0 Å². The first kappa shape index (κ1) is 15.2. The summed E-state index contributed by atoms with van der Waals surface area (Å²) in [6.07, 6.45) is 2.32. The number of rotatable bonds is 6. The van der Waals surface area contributed by atoms with E-state index in [1.165, 1.54) is 12.1 Å². The van der Waals surface area contributed by atoms with Gasteiger partial charge in [-0.3, -0.25) is 4.68 Å². The number of hydrogen-bond acceptors (Lipinski definition) is 2. The van der Waals surface area contributed by atoms with Gasteiger partial charge in [0.1, 0.15) is 0 Å². The summed E-state index contributed by atoms with van der Waals surface area (Å²) in [6, 6.07) is 2.23. The van der Waals surface area contributed by atoms with Crippen LogP contribution in [0.1, 0.15) is 52.4 Å². The molecule has 0 aromatic carbocycles. The molecule has 0 aliphatic rings. The lowest BCUT2D eigenvalue weighted by atomic mass is 9.98. The van der Waals surface area contributed by atoms with Crippen molar-refractivity contribution in [3.05, 3.63) is 17.5 Å². The average molecular weight is 251 g/mol. The second kappa shape index (κ2) is 6.37. The third kappa shape index (κ3) is 4.81. The molecule has 1 aromatic rings. The second-order valence-corrected chi connectivity index (χ2v) is 6.20. The zero-order valence-corrected chi connectivity index (χ0v) is 12.9. The molecule has 0 aliphatic carbocycles. The van der Waals surface area contributed by atoms with Crippen LogP contribution in [0.3, 0.4) is 0 Å². The Kier molecular flexibility index (Phi) is 5.39. The van der Waals surface area contributed by atoms with Crippen molar-refractivity contribution >= 4 is 0 Å². The zero-order valence-electron chi connectivity index (χ0n) is 12.9. The first-order valence-corrected chi connectivity index (χ1v) is 7.14. The third-order valence-corrected chi connectivity index (χ3v) is 3.28. The molecule has 0 spiro atoms. The number of aromatic nitrogens is 2. The van der Waals surface area contributed by atoms with Crippen molar-refractivity contribution in [3.63, 3.8) is 0 Å². The molecule has 1 aromatic heterocycles. The minimum atomic E-state index is 0.203. The fourth-order valence-electron chi connectivity index (χ4n) is 2.14. The molecule has 1 heterocycles. The molecule has 1 unspecified atom stereocenters. The first-order chi connectivity index (χ1) is 8.35. The topological polar surface area (TPSA) is 29.9 Å². The van der Waals surface area contributed by atoms with E-state index < -0.39 is 0 Å². The van der Waals surface area contributed by atoms with Crippen molar-refractivity contribution in [2.24, 2.45) is 5.92 Å². The largest absolute Gasteiger partial charge is 0.312 e. The molecular weight excluding hydrogens is 222 g/mol. The standard InChI is InChI=1S/C15H29N3/c1-7-13(11-16-15(4,5)6)10-14-9-12(3)17-18(14)8-2/h9,13,16H,7-8,10-11H2,1-6H3. The van der Waals surface area contributed by atoms with E-state index in [0.29, 0.717) is 5.92 Å². The van der Waals surface area contributed by atoms with Crippen LogP contribution in [0.2, 0.25) is 0 Å². The van der Waals surface area contributed by atoms with Gasteiger partial charge < -0.3 is 5.32 Å². The minimum Gasteiger partial charge on any atom is -0.312 e. The molecule has 18 heavy (non-hydrogen) atoms. The molecule has 1 N–H and O–H groups in total. The van der Waals surface area contributed by atoms with E-state index in [4.69, 9.17) is 0 Å². The Labute approximate surface area is 112 Å². The smallest absolute Gasteiger partial charge is 0.0596 e. The van der Waals surface area contributed by atoms with Crippen molar-refractivity contribution in [1.29, 1.82) is 0 Å². The summed E-state index contributed by atoms with van der Waals surface area (Å²) in [4.78, 5) is 0. The number of hydrogen-bond donors (Lipinski definition) is 1. The van der Waals surface area contributed by atoms with Gasteiger partial charge in [-0.1, -0.05) is 13.3 Å². The lowest BCUT2D eigenvalue weighted by molar-refractivity contribution is 0.358. The highest BCUT2D eigenvalue weighted by molar-refractivity contribution is 5.09. The van der Waals surface area contributed by atoms with Gasteiger partial charge in [-0.25, -0.2) is 0 Å². The number of nitrogens with one attached hydrogen (secondary N) is 1. The molecule has 104 valence electrons. The summed E-state index contributed by atoms with van der Waals surface area (Å²) in [5.41, 5.74) is 2.71. The lowest BCUT2D eigenvalue weighted by Gasteiger charge is -2.24. The van der Waals surface area contributed by atoms with Crippen LogP contribution in [-0.4, -0.2) is 21.9 Å². The van der Waals surface area contributed by atoms with Crippen LogP contribution in [0.5, 0.6) is 0 Å². The van der Waals surface area contributed by atoms with Gasteiger partial charge in [-0.2, -0.15) is 5.10 Å². The highest BCUT2D eigenvalue weighted by Crippen LogP contribution is 2.14. The van der Waals surface area contributed by atoms with Crippen LogP contribution in [0.4, 0.5) is 0 Å². The summed E-state index contributed by atoms with van der Waals surface area (Å²) in [6.45, 7) is 15.2. The van der Waals surface area contributed by atoms with E-state index in [0.717, 1.165) is 25.2 Å². The van der Waals surface area contributed by atoms with Gasteiger partial charge in [0.2, 0.25) is 0 Å². The van der Waals surface area contributed by atoms with Crippen molar-refractivity contribution in [3.8, 4) is 0 Å². The summed E-state index contributed by atoms with van der Waals surface area (Å²) in [5, 5.41) is 8.13.